The van der Waals surface area contributed by atoms with Crippen molar-refractivity contribution < 1.29 is 19.0 Å². The number of hydrogen-bond acceptors (Lipinski definition) is 8. The van der Waals surface area contributed by atoms with E-state index in [1.54, 1.807) is 35.9 Å². The van der Waals surface area contributed by atoms with E-state index in [0.717, 1.165) is 11.1 Å². The summed E-state index contributed by atoms with van der Waals surface area (Å²) >= 11 is 20.5. The summed E-state index contributed by atoms with van der Waals surface area (Å²) in [5, 5.41) is 10.2. The topological polar surface area (TPSA) is 87.5 Å². The fraction of sp³-hybridized carbons (Fsp3) is 0.219. The number of aromatic nitrogens is 3. The second-order valence-electron chi connectivity index (χ2n) is 9.62. The van der Waals surface area contributed by atoms with Crippen molar-refractivity contribution in [2.45, 2.75) is 37.4 Å². The van der Waals surface area contributed by atoms with Gasteiger partial charge in [-0.15, -0.1) is 5.10 Å². The number of esters is 1. The first-order valence-electron chi connectivity index (χ1n) is 13.7. The van der Waals surface area contributed by atoms with Gasteiger partial charge in [0.2, 0.25) is 11.1 Å². The molecule has 0 spiro atoms. The van der Waals surface area contributed by atoms with Crippen molar-refractivity contribution in [3.63, 3.8) is 0 Å². The molecule has 0 aliphatic carbocycles. The van der Waals surface area contributed by atoms with Crippen molar-refractivity contribution in [2.75, 3.05) is 18.5 Å². The number of thioether (sulfide) groups is 1. The number of fused-ring (bicyclic) bond motifs is 1. The maximum Gasteiger partial charge on any atom is 0.338 e. The molecule has 1 aliphatic heterocycles. The minimum absolute atomic E-state index is 0.0626. The number of nitrogens with one attached hydrogen (secondary N) is 1. The van der Waals surface area contributed by atoms with Gasteiger partial charge in [-0.3, -0.25) is 0 Å². The number of allylic oxidation sites excluding steroid dienone is 1. The number of ether oxygens (including phenoxy) is 3. The Kier molecular flexibility index (Phi) is 10.4. The summed E-state index contributed by atoms with van der Waals surface area (Å²) in [4.78, 5) is 18.1. The van der Waals surface area contributed by atoms with Crippen LogP contribution in [-0.2, 0) is 21.9 Å². The molecule has 1 N–H and O–H groups in total. The molecular formula is C32H29Cl3N4O4S. The van der Waals surface area contributed by atoms with Crippen LogP contribution in [0.2, 0.25) is 15.1 Å². The number of carbonyl (C=O) groups is 1. The Morgan fingerprint density at radius 1 is 1.05 bits per heavy atom. The third-order valence-electron chi connectivity index (χ3n) is 6.72. The molecule has 3 aromatic carbocycles. The first-order valence-corrected chi connectivity index (χ1v) is 15.8. The molecule has 1 unspecified atom stereocenters. The highest BCUT2D eigenvalue weighted by molar-refractivity contribution is 7.98. The summed E-state index contributed by atoms with van der Waals surface area (Å²) in [6.45, 7) is 7.94. The van der Waals surface area contributed by atoms with E-state index in [4.69, 9.17) is 59.1 Å². The quantitative estimate of drug-likeness (QED) is 0.0911. The van der Waals surface area contributed by atoms with Gasteiger partial charge in [-0.05, 0) is 55.3 Å². The smallest absolute Gasteiger partial charge is 0.338 e. The maximum absolute atomic E-state index is 13.4. The zero-order valence-electron chi connectivity index (χ0n) is 24.0. The van der Waals surface area contributed by atoms with Gasteiger partial charge in [0.15, 0.2) is 11.5 Å². The number of anilines is 1. The summed E-state index contributed by atoms with van der Waals surface area (Å²) in [7, 11) is 0. The fourth-order valence-corrected chi connectivity index (χ4v) is 6.26. The summed E-state index contributed by atoms with van der Waals surface area (Å²) < 4.78 is 19.3. The number of carbonyl (C=O) groups excluding carboxylic acids is 1. The Bertz CT molecular complexity index is 1710. The van der Waals surface area contributed by atoms with Crippen molar-refractivity contribution in [1.29, 1.82) is 0 Å². The van der Waals surface area contributed by atoms with Crippen LogP contribution >= 0.6 is 46.6 Å². The van der Waals surface area contributed by atoms with Crippen molar-refractivity contribution in [3.05, 3.63) is 116 Å². The first-order chi connectivity index (χ1) is 21.3. The predicted octanol–water partition coefficient (Wildman–Crippen LogP) is 8.53. The number of rotatable bonds is 12. The lowest BCUT2D eigenvalue weighted by atomic mass is 9.95. The lowest BCUT2D eigenvalue weighted by Crippen LogP contribution is -2.29. The van der Waals surface area contributed by atoms with Gasteiger partial charge >= 0.3 is 5.97 Å². The van der Waals surface area contributed by atoms with E-state index in [1.165, 1.54) is 17.8 Å². The van der Waals surface area contributed by atoms with Crippen molar-refractivity contribution >= 4 is 58.5 Å². The molecule has 0 saturated heterocycles. The predicted molar refractivity (Wildman–Crippen MR) is 175 cm³/mol. The molecular weight excluding hydrogens is 643 g/mol. The van der Waals surface area contributed by atoms with E-state index in [0.29, 0.717) is 66.9 Å². The summed E-state index contributed by atoms with van der Waals surface area (Å²) in [5.74, 6) is 1.54. The van der Waals surface area contributed by atoms with Crippen LogP contribution in [0.15, 0.2) is 89.7 Å². The van der Waals surface area contributed by atoms with Crippen LogP contribution in [0.1, 0.15) is 36.6 Å². The van der Waals surface area contributed by atoms with Crippen LogP contribution in [0, 0.1) is 0 Å². The molecule has 1 aliphatic rings. The second kappa shape index (κ2) is 14.4. The van der Waals surface area contributed by atoms with Crippen LogP contribution < -0.4 is 14.8 Å². The average Bonchev–Trinajstić information content (AvgIpc) is 3.41. The molecule has 5 rings (SSSR count). The first kappa shape index (κ1) is 31.8. The van der Waals surface area contributed by atoms with Crippen molar-refractivity contribution in [1.82, 2.24) is 14.8 Å². The standard InChI is InChI=1S/C32H29Cl3N4O4S/c1-4-15-42-30(40)28-19(3)36-31-37-32(44-18-21-9-6-7-10-23(21)33)38-39(31)29(28)20-13-14-26(27(16-20)41-5-2)43-17-22-24(34)11-8-12-25(22)35/h4,6-14,16,29H,1,5,15,17-18H2,2-3H3,(H,36,37,38). The van der Waals surface area contributed by atoms with Gasteiger partial charge in [0.1, 0.15) is 19.3 Å². The molecule has 4 aromatic rings. The van der Waals surface area contributed by atoms with Crippen LogP contribution in [0.3, 0.4) is 0 Å². The molecule has 44 heavy (non-hydrogen) atoms. The molecule has 12 heteroatoms. The van der Waals surface area contributed by atoms with Crippen LogP contribution in [-0.4, -0.2) is 33.9 Å². The molecule has 0 bridgehead atoms. The third-order valence-corrected chi connectivity index (χ3v) is 8.68. The van der Waals surface area contributed by atoms with E-state index in [-0.39, 0.29) is 13.2 Å². The van der Waals surface area contributed by atoms with Gasteiger partial charge in [0, 0.05) is 32.1 Å². The van der Waals surface area contributed by atoms with Gasteiger partial charge in [-0.2, -0.15) is 4.98 Å². The molecule has 1 aromatic heterocycles. The van der Waals surface area contributed by atoms with Gasteiger partial charge < -0.3 is 19.5 Å². The Balaban J connectivity index is 1.50. The monoisotopic (exact) mass is 670 g/mol. The molecule has 1 atom stereocenters. The van der Waals surface area contributed by atoms with Crippen molar-refractivity contribution in [2.24, 2.45) is 0 Å². The van der Waals surface area contributed by atoms with Gasteiger partial charge in [0.25, 0.3) is 0 Å². The van der Waals surface area contributed by atoms with Crippen LogP contribution in [0.4, 0.5) is 5.95 Å². The Hall–Kier alpha value is -3.63. The van der Waals surface area contributed by atoms with Gasteiger partial charge in [-0.25, -0.2) is 9.48 Å². The van der Waals surface area contributed by atoms with E-state index >= 15 is 0 Å². The Morgan fingerprint density at radius 3 is 2.52 bits per heavy atom. The van der Waals surface area contributed by atoms with E-state index in [2.05, 4.69) is 11.9 Å². The van der Waals surface area contributed by atoms with E-state index in [1.807, 2.05) is 43.3 Å². The lowest BCUT2D eigenvalue weighted by molar-refractivity contribution is -0.138. The normalized spacial score (nSPS) is 14.1. The molecule has 228 valence electrons. The molecule has 2 heterocycles. The van der Waals surface area contributed by atoms with Crippen LogP contribution in [0.5, 0.6) is 11.5 Å². The number of nitrogens with zero attached hydrogens (tertiary/aromatic N) is 3. The van der Waals surface area contributed by atoms with E-state index < -0.39 is 12.0 Å². The zero-order chi connectivity index (χ0) is 31.2. The van der Waals surface area contributed by atoms with Gasteiger partial charge in [-0.1, -0.05) is 89.6 Å². The zero-order valence-corrected chi connectivity index (χ0v) is 27.1. The molecule has 0 saturated carbocycles. The van der Waals surface area contributed by atoms with Crippen molar-refractivity contribution in [3.8, 4) is 11.5 Å². The fourth-order valence-electron chi connectivity index (χ4n) is 4.64. The number of halogens is 3. The highest BCUT2D eigenvalue weighted by Gasteiger charge is 2.36. The molecule has 0 radical (unpaired) electrons. The number of benzene rings is 3. The minimum atomic E-state index is -0.669. The Morgan fingerprint density at radius 2 is 1.80 bits per heavy atom. The molecule has 0 fully saturated rings. The summed E-state index contributed by atoms with van der Waals surface area (Å²) in [5.41, 5.74) is 3.33. The second-order valence-corrected chi connectivity index (χ2v) is 11.8. The Labute approximate surface area is 275 Å². The SMILES string of the molecule is C=CCOC(=O)C1=C(C)Nc2nc(SCc3ccccc3Cl)nn2C1c1ccc(OCc2c(Cl)cccc2Cl)c(OCC)c1. The summed E-state index contributed by atoms with van der Waals surface area (Å²) in [6, 6.07) is 17.7. The largest absolute Gasteiger partial charge is 0.490 e. The third kappa shape index (κ3) is 7.02. The molecule has 8 nitrogen and oxygen atoms in total. The lowest BCUT2D eigenvalue weighted by Gasteiger charge is -2.28. The molecule has 0 amide bonds. The number of hydrogen-bond donors (Lipinski definition) is 1. The highest BCUT2D eigenvalue weighted by Crippen LogP contribution is 2.41. The summed E-state index contributed by atoms with van der Waals surface area (Å²) in [6.07, 6.45) is 1.52. The van der Waals surface area contributed by atoms with Gasteiger partial charge in [0.05, 0.1) is 12.2 Å². The highest BCUT2D eigenvalue weighted by atomic mass is 35.5. The minimum Gasteiger partial charge on any atom is -0.490 e. The average molecular weight is 672 g/mol. The van der Waals surface area contributed by atoms with E-state index in [9.17, 15) is 4.79 Å². The van der Waals surface area contributed by atoms with Crippen LogP contribution in [0.25, 0.3) is 0 Å². The maximum atomic E-state index is 13.4.